The van der Waals surface area contributed by atoms with Crippen LogP contribution in [0, 0.1) is 34.5 Å². The molecule has 4 nitrogen and oxygen atoms in total. The van der Waals surface area contributed by atoms with Gasteiger partial charge in [0.05, 0.1) is 11.8 Å². The third kappa shape index (κ3) is 2.98. The quantitative estimate of drug-likeness (QED) is 0.543. The zero-order chi connectivity index (χ0) is 20.1. The summed E-state index contributed by atoms with van der Waals surface area (Å²) in [6, 6.07) is 0. The van der Waals surface area contributed by atoms with Crippen LogP contribution in [0.3, 0.4) is 0 Å². The van der Waals surface area contributed by atoms with Gasteiger partial charge in [0.15, 0.2) is 0 Å². The molecular weight excluding hydrogens is 348 g/mol. The van der Waals surface area contributed by atoms with Crippen LogP contribution in [0.2, 0.25) is 0 Å². The largest absolute Gasteiger partial charge is 0.394 e. The number of allylic oxidation sites excluding steroid dienone is 2. The van der Waals surface area contributed by atoms with Crippen molar-refractivity contribution in [3.63, 3.8) is 0 Å². The van der Waals surface area contributed by atoms with Crippen LogP contribution >= 0.6 is 0 Å². The van der Waals surface area contributed by atoms with E-state index in [1.54, 1.807) is 5.57 Å². The molecule has 6 atom stereocenters. The van der Waals surface area contributed by atoms with Crippen molar-refractivity contribution >= 4 is 5.71 Å². The predicted octanol–water partition coefficient (Wildman–Crippen LogP) is 4.67. The zero-order valence-corrected chi connectivity index (χ0v) is 18.3. The minimum atomic E-state index is -0.0841. The summed E-state index contributed by atoms with van der Waals surface area (Å²) >= 11 is 0. The lowest BCUT2D eigenvalue weighted by molar-refractivity contribution is -0.0727. The lowest BCUT2D eigenvalue weighted by atomic mass is 9.46. The van der Waals surface area contributed by atoms with Gasteiger partial charge in [0, 0.05) is 6.54 Å². The van der Waals surface area contributed by atoms with Gasteiger partial charge in [-0.1, -0.05) is 38.4 Å². The molecule has 4 aliphatic carbocycles. The van der Waals surface area contributed by atoms with Crippen LogP contribution in [0.4, 0.5) is 0 Å². The molecule has 0 heterocycles. The lowest BCUT2D eigenvalue weighted by Crippen LogP contribution is -2.52. The molecule has 0 bridgehead atoms. The molecule has 4 heteroatoms. The average molecular weight is 389 g/mol. The summed E-state index contributed by atoms with van der Waals surface area (Å²) in [5.74, 6) is 2.74. The van der Waals surface area contributed by atoms with E-state index >= 15 is 0 Å². The lowest BCUT2D eigenvalue weighted by Gasteiger charge is -2.58. The summed E-state index contributed by atoms with van der Waals surface area (Å²) < 4.78 is 0. The number of nitrogens with zero attached hydrogens (tertiary/aromatic N) is 1. The molecule has 0 aromatic carbocycles. The van der Waals surface area contributed by atoms with Crippen LogP contribution in [-0.2, 0) is 4.84 Å². The Morgan fingerprint density at radius 3 is 2.61 bits per heavy atom. The average Bonchev–Trinajstić information content (AvgIpc) is 2.96. The van der Waals surface area contributed by atoms with Gasteiger partial charge >= 0.3 is 0 Å². The SMILES string of the molecule is CC(C)C1=C2CC[C@H]3[C@@H]4CC[C@H](O)[C@@]4(C)CC[C@@H]3[C@@]2(C)CC/C1=N\OCCN. The highest BCUT2D eigenvalue weighted by atomic mass is 16.6. The summed E-state index contributed by atoms with van der Waals surface area (Å²) in [4.78, 5) is 5.50. The Labute approximate surface area is 171 Å². The van der Waals surface area contributed by atoms with Gasteiger partial charge in [-0.25, -0.2) is 0 Å². The second-order valence-electron chi connectivity index (χ2n) is 10.7. The number of rotatable bonds is 4. The third-order valence-electron chi connectivity index (χ3n) is 9.10. The van der Waals surface area contributed by atoms with E-state index < -0.39 is 0 Å². The highest BCUT2D eigenvalue weighted by Crippen LogP contribution is 2.66. The van der Waals surface area contributed by atoms with Gasteiger partial charge in [-0.05, 0) is 91.4 Å². The van der Waals surface area contributed by atoms with E-state index in [4.69, 9.17) is 10.6 Å². The molecule has 28 heavy (non-hydrogen) atoms. The summed E-state index contributed by atoms with van der Waals surface area (Å²) in [6.45, 7) is 10.5. The Bertz CT molecular complexity index is 670. The maximum atomic E-state index is 10.7. The van der Waals surface area contributed by atoms with Crippen molar-refractivity contribution in [3.05, 3.63) is 11.1 Å². The molecule has 0 unspecified atom stereocenters. The first-order chi connectivity index (χ1) is 13.3. The van der Waals surface area contributed by atoms with Crippen molar-refractivity contribution in [2.75, 3.05) is 13.2 Å². The van der Waals surface area contributed by atoms with Crippen LogP contribution in [0.1, 0.15) is 79.1 Å². The van der Waals surface area contributed by atoms with E-state index in [9.17, 15) is 5.11 Å². The fourth-order valence-electron chi connectivity index (χ4n) is 7.69. The molecule has 4 rings (SSSR count). The molecule has 158 valence electrons. The second-order valence-corrected chi connectivity index (χ2v) is 10.7. The molecule has 0 aromatic rings. The molecule has 0 saturated heterocycles. The minimum Gasteiger partial charge on any atom is -0.394 e. The number of oxime groups is 1. The predicted molar refractivity (Wildman–Crippen MR) is 114 cm³/mol. The van der Waals surface area contributed by atoms with Gasteiger partial charge in [-0.3, -0.25) is 0 Å². The highest BCUT2D eigenvalue weighted by Gasteiger charge is 2.59. The number of aliphatic hydroxyl groups is 1. The molecule has 4 aliphatic rings. The van der Waals surface area contributed by atoms with E-state index in [-0.39, 0.29) is 11.5 Å². The van der Waals surface area contributed by atoms with Crippen molar-refractivity contribution in [2.45, 2.75) is 85.2 Å². The molecule has 3 N–H and O–H groups in total. The normalized spacial score (nSPS) is 44.5. The summed E-state index contributed by atoms with van der Waals surface area (Å²) in [5, 5.41) is 15.2. The van der Waals surface area contributed by atoms with Crippen LogP contribution in [0.25, 0.3) is 0 Å². The Hall–Kier alpha value is -0.870. The molecule has 0 aliphatic heterocycles. The Morgan fingerprint density at radius 1 is 1.11 bits per heavy atom. The van der Waals surface area contributed by atoms with E-state index in [0.717, 1.165) is 24.7 Å². The highest BCUT2D eigenvalue weighted by molar-refractivity contribution is 6.02. The zero-order valence-electron chi connectivity index (χ0n) is 18.3. The van der Waals surface area contributed by atoms with E-state index in [1.807, 2.05) is 0 Å². The summed E-state index contributed by atoms with van der Waals surface area (Å²) in [5.41, 5.74) is 10.4. The third-order valence-corrected chi connectivity index (χ3v) is 9.10. The van der Waals surface area contributed by atoms with Crippen LogP contribution in [0.15, 0.2) is 16.3 Å². The maximum Gasteiger partial charge on any atom is 0.129 e. The van der Waals surface area contributed by atoms with Gasteiger partial charge < -0.3 is 15.7 Å². The first-order valence-corrected chi connectivity index (χ1v) is 11.6. The van der Waals surface area contributed by atoms with Gasteiger partial charge in [-0.2, -0.15) is 0 Å². The maximum absolute atomic E-state index is 10.7. The van der Waals surface area contributed by atoms with Crippen LogP contribution in [0.5, 0.6) is 0 Å². The van der Waals surface area contributed by atoms with Gasteiger partial charge in [0.25, 0.3) is 0 Å². The summed E-state index contributed by atoms with van der Waals surface area (Å²) in [7, 11) is 0. The molecule has 0 amide bonds. The number of fused-ring (bicyclic) bond motifs is 5. The van der Waals surface area contributed by atoms with Crippen molar-refractivity contribution < 1.29 is 9.94 Å². The monoisotopic (exact) mass is 388 g/mol. The molecule has 0 aromatic heterocycles. The second kappa shape index (κ2) is 7.43. The van der Waals surface area contributed by atoms with E-state index in [1.165, 1.54) is 49.8 Å². The Balaban J connectivity index is 1.68. The van der Waals surface area contributed by atoms with Crippen LogP contribution in [-0.4, -0.2) is 30.1 Å². The molecule has 3 fully saturated rings. The fraction of sp³-hybridized carbons (Fsp3) is 0.875. The van der Waals surface area contributed by atoms with Crippen molar-refractivity contribution in [3.8, 4) is 0 Å². The molecule has 0 radical (unpaired) electrons. The summed E-state index contributed by atoms with van der Waals surface area (Å²) in [6.07, 6.45) is 9.32. The Kier molecular flexibility index (Phi) is 5.41. The number of aliphatic hydroxyl groups excluding tert-OH is 1. The topological polar surface area (TPSA) is 67.8 Å². The molecular formula is C24H40N2O2. The van der Waals surface area contributed by atoms with Gasteiger partial charge in [-0.15, -0.1) is 0 Å². The molecule has 3 saturated carbocycles. The standard InChI is InChI=1S/C24H40N2O2/c1-15(2)22-19-6-5-16-17-7-8-21(27)24(17,4)11-9-18(16)23(19,3)12-10-20(22)26-28-14-13-25/h15-18,21,27H,5-14,25H2,1-4H3/b26-20+/t16-,17-,18-,21-,23+,24-/m0/s1. The van der Waals surface area contributed by atoms with Crippen molar-refractivity contribution in [1.29, 1.82) is 0 Å². The number of hydrogen-bond acceptors (Lipinski definition) is 4. The van der Waals surface area contributed by atoms with Crippen molar-refractivity contribution in [2.24, 2.45) is 45.4 Å². The van der Waals surface area contributed by atoms with E-state index in [0.29, 0.717) is 30.4 Å². The fourth-order valence-corrected chi connectivity index (χ4v) is 7.69. The minimum absolute atomic E-state index is 0.0841. The molecule has 0 spiro atoms. The first-order valence-electron chi connectivity index (χ1n) is 11.6. The van der Waals surface area contributed by atoms with Gasteiger partial charge in [0.1, 0.15) is 6.61 Å². The van der Waals surface area contributed by atoms with Crippen LogP contribution < -0.4 is 5.73 Å². The number of nitrogens with two attached hydrogens (primary N) is 1. The van der Waals surface area contributed by atoms with Crippen molar-refractivity contribution in [1.82, 2.24) is 0 Å². The smallest absolute Gasteiger partial charge is 0.129 e. The Morgan fingerprint density at radius 2 is 1.89 bits per heavy atom. The first kappa shape index (κ1) is 20.4. The van der Waals surface area contributed by atoms with E-state index in [2.05, 4.69) is 32.9 Å². The number of hydrogen-bond donors (Lipinski definition) is 2. The van der Waals surface area contributed by atoms with Gasteiger partial charge in [0.2, 0.25) is 0 Å².